The molecule has 110 valence electrons. The van der Waals surface area contributed by atoms with Crippen LogP contribution >= 0.6 is 0 Å². The van der Waals surface area contributed by atoms with E-state index in [9.17, 15) is 9.59 Å². The number of morpholine rings is 1. The lowest BCUT2D eigenvalue weighted by molar-refractivity contribution is -0.136. The number of hydrogen-bond donors (Lipinski definition) is 1. The molecule has 1 rings (SSSR count). The van der Waals surface area contributed by atoms with Crippen molar-refractivity contribution in [3.8, 4) is 0 Å². The fourth-order valence-electron chi connectivity index (χ4n) is 1.90. The molecule has 1 aliphatic rings. The molecule has 0 aromatic carbocycles. The topological polar surface area (TPSA) is 61.9 Å². The highest BCUT2D eigenvalue weighted by atomic mass is 16.5. The first-order valence-corrected chi connectivity index (χ1v) is 6.63. The molecule has 6 nitrogen and oxygen atoms in total. The summed E-state index contributed by atoms with van der Waals surface area (Å²) in [5.74, 6) is -0.0147. The van der Waals surface area contributed by atoms with Crippen LogP contribution in [0.15, 0.2) is 0 Å². The Kier molecular flexibility index (Phi) is 5.75. The van der Waals surface area contributed by atoms with Crippen molar-refractivity contribution in [2.24, 2.45) is 0 Å². The molecule has 1 fully saturated rings. The van der Waals surface area contributed by atoms with Crippen LogP contribution in [0.5, 0.6) is 0 Å². The molecule has 0 bridgehead atoms. The van der Waals surface area contributed by atoms with Crippen LogP contribution in [0.25, 0.3) is 0 Å². The second-order valence-corrected chi connectivity index (χ2v) is 5.96. The minimum Gasteiger partial charge on any atom is -0.378 e. The normalized spacial score (nSPS) is 16.6. The van der Waals surface area contributed by atoms with Gasteiger partial charge in [0.1, 0.15) is 0 Å². The summed E-state index contributed by atoms with van der Waals surface area (Å²) < 4.78 is 5.20. The highest BCUT2D eigenvalue weighted by molar-refractivity contribution is 5.81. The summed E-state index contributed by atoms with van der Waals surface area (Å²) in [4.78, 5) is 27.2. The smallest absolute Gasteiger partial charge is 0.236 e. The van der Waals surface area contributed by atoms with Gasteiger partial charge in [0, 0.05) is 18.6 Å². The van der Waals surface area contributed by atoms with Gasteiger partial charge in [0.05, 0.1) is 26.3 Å². The second kappa shape index (κ2) is 6.86. The number of rotatable bonds is 4. The number of amides is 2. The van der Waals surface area contributed by atoms with Gasteiger partial charge in [-0.2, -0.15) is 0 Å². The first-order valence-electron chi connectivity index (χ1n) is 6.63. The van der Waals surface area contributed by atoms with Crippen LogP contribution in [0.4, 0.5) is 0 Å². The molecule has 0 aliphatic carbocycles. The van der Waals surface area contributed by atoms with Gasteiger partial charge in [-0.25, -0.2) is 0 Å². The van der Waals surface area contributed by atoms with Crippen LogP contribution in [-0.4, -0.2) is 73.6 Å². The summed E-state index contributed by atoms with van der Waals surface area (Å²) in [7, 11) is 1.78. The van der Waals surface area contributed by atoms with Gasteiger partial charge >= 0.3 is 0 Å². The molecule has 0 aromatic rings. The number of carbonyl (C=O) groups excluding carboxylic acids is 2. The van der Waals surface area contributed by atoms with Crippen molar-refractivity contribution in [3.63, 3.8) is 0 Å². The third-order valence-corrected chi connectivity index (χ3v) is 2.70. The molecule has 0 unspecified atom stereocenters. The molecule has 1 heterocycles. The summed E-state index contributed by atoms with van der Waals surface area (Å²) in [5.41, 5.74) is -0.244. The number of hydrogen-bond acceptors (Lipinski definition) is 4. The Hall–Kier alpha value is -1.14. The lowest BCUT2D eigenvalue weighted by atomic mass is 10.1. The molecule has 19 heavy (non-hydrogen) atoms. The van der Waals surface area contributed by atoms with E-state index in [1.165, 1.54) is 0 Å². The summed E-state index contributed by atoms with van der Waals surface area (Å²) in [6, 6.07) is 0. The van der Waals surface area contributed by atoms with Crippen LogP contribution in [0.3, 0.4) is 0 Å². The standard InChI is InChI=1S/C13H25N3O3/c1-13(2,3)14-11(17)9-15(4)10-12(18)16-5-7-19-8-6-16/h5-10H2,1-4H3,(H,14,17). The summed E-state index contributed by atoms with van der Waals surface area (Å²) in [6.07, 6.45) is 0. The third kappa shape index (κ3) is 6.54. The number of nitrogens with zero attached hydrogens (tertiary/aromatic N) is 2. The van der Waals surface area contributed by atoms with Gasteiger partial charge in [0.25, 0.3) is 0 Å². The molecule has 1 N–H and O–H groups in total. The number of nitrogens with one attached hydrogen (secondary N) is 1. The number of likely N-dealkylation sites (N-methyl/N-ethyl adjacent to an activating group) is 1. The van der Waals surface area contributed by atoms with Crippen molar-refractivity contribution >= 4 is 11.8 Å². The van der Waals surface area contributed by atoms with Gasteiger partial charge in [0.2, 0.25) is 11.8 Å². The predicted molar refractivity (Wildman–Crippen MR) is 72.8 cm³/mol. The van der Waals surface area contributed by atoms with E-state index in [0.29, 0.717) is 26.3 Å². The highest BCUT2D eigenvalue weighted by Crippen LogP contribution is 2.00. The maximum absolute atomic E-state index is 12.0. The van der Waals surface area contributed by atoms with Crippen LogP contribution in [0.2, 0.25) is 0 Å². The van der Waals surface area contributed by atoms with E-state index in [-0.39, 0.29) is 30.4 Å². The van der Waals surface area contributed by atoms with Crippen LogP contribution < -0.4 is 5.32 Å². The largest absolute Gasteiger partial charge is 0.378 e. The first-order chi connectivity index (χ1) is 8.78. The third-order valence-electron chi connectivity index (χ3n) is 2.70. The van der Waals surface area contributed by atoms with E-state index in [4.69, 9.17) is 4.74 Å². The Morgan fingerprint density at radius 1 is 1.21 bits per heavy atom. The molecule has 1 saturated heterocycles. The van der Waals surface area contributed by atoms with Gasteiger partial charge in [-0.3, -0.25) is 14.5 Å². The molecular formula is C13H25N3O3. The Labute approximate surface area is 115 Å². The van der Waals surface area contributed by atoms with Gasteiger partial charge in [-0.15, -0.1) is 0 Å². The lowest BCUT2D eigenvalue weighted by Gasteiger charge is -2.29. The molecule has 6 heteroatoms. The minimum atomic E-state index is -0.244. The summed E-state index contributed by atoms with van der Waals surface area (Å²) in [5, 5.41) is 2.88. The SMILES string of the molecule is CN(CC(=O)NC(C)(C)C)CC(=O)N1CCOCC1. The fraction of sp³-hybridized carbons (Fsp3) is 0.846. The van der Waals surface area contributed by atoms with E-state index in [2.05, 4.69) is 5.32 Å². The maximum Gasteiger partial charge on any atom is 0.236 e. The Balaban J connectivity index is 2.31. The van der Waals surface area contributed by atoms with Crippen molar-refractivity contribution in [3.05, 3.63) is 0 Å². The monoisotopic (exact) mass is 271 g/mol. The quantitative estimate of drug-likeness (QED) is 0.762. The first kappa shape index (κ1) is 15.9. The van der Waals surface area contributed by atoms with Crippen molar-refractivity contribution in [2.45, 2.75) is 26.3 Å². The van der Waals surface area contributed by atoms with Crippen molar-refractivity contribution in [1.82, 2.24) is 15.1 Å². The molecule has 0 radical (unpaired) electrons. The van der Waals surface area contributed by atoms with E-state index < -0.39 is 0 Å². The van der Waals surface area contributed by atoms with Gasteiger partial charge in [-0.1, -0.05) is 0 Å². The molecule has 0 atom stereocenters. The average Bonchev–Trinajstić information content (AvgIpc) is 2.27. The lowest BCUT2D eigenvalue weighted by Crippen LogP contribution is -2.48. The zero-order valence-electron chi connectivity index (χ0n) is 12.4. The maximum atomic E-state index is 12.0. The van der Waals surface area contributed by atoms with Crippen LogP contribution in [-0.2, 0) is 14.3 Å². The number of ether oxygens (including phenoxy) is 1. The van der Waals surface area contributed by atoms with Crippen molar-refractivity contribution in [2.75, 3.05) is 46.4 Å². The van der Waals surface area contributed by atoms with Crippen molar-refractivity contribution < 1.29 is 14.3 Å². The zero-order chi connectivity index (χ0) is 14.5. The Morgan fingerprint density at radius 3 is 2.32 bits per heavy atom. The van der Waals surface area contributed by atoms with Crippen molar-refractivity contribution in [1.29, 1.82) is 0 Å². The van der Waals surface area contributed by atoms with Gasteiger partial charge < -0.3 is 15.0 Å². The van der Waals surface area contributed by atoms with E-state index in [1.807, 2.05) is 20.8 Å². The Bertz CT molecular complexity index is 320. The summed E-state index contributed by atoms with van der Waals surface area (Å²) in [6.45, 7) is 8.77. The highest BCUT2D eigenvalue weighted by Gasteiger charge is 2.20. The fourth-order valence-corrected chi connectivity index (χ4v) is 1.90. The molecule has 0 saturated carbocycles. The zero-order valence-corrected chi connectivity index (χ0v) is 12.4. The number of carbonyl (C=O) groups is 2. The second-order valence-electron chi connectivity index (χ2n) is 5.96. The van der Waals surface area contributed by atoms with E-state index in [1.54, 1.807) is 16.8 Å². The molecule has 1 aliphatic heterocycles. The van der Waals surface area contributed by atoms with Gasteiger partial charge in [-0.05, 0) is 27.8 Å². The van der Waals surface area contributed by atoms with Gasteiger partial charge in [0.15, 0.2) is 0 Å². The molecular weight excluding hydrogens is 246 g/mol. The van der Waals surface area contributed by atoms with E-state index in [0.717, 1.165) is 0 Å². The van der Waals surface area contributed by atoms with Crippen LogP contribution in [0.1, 0.15) is 20.8 Å². The van der Waals surface area contributed by atoms with Crippen LogP contribution in [0, 0.1) is 0 Å². The average molecular weight is 271 g/mol. The predicted octanol–water partition coefficient (Wildman–Crippen LogP) is -0.308. The van der Waals surface area contributed by atoms with E-state index >= 15 is 0 Å². The molecule has 0 spiro atoms. The molecule has 0 aromatic heterocycles. The Morgan fingerprint density at radius 2 is 1.79 bits per heavy atom. The summed E-state index contributed by atoms with van der Waals surface area (Å²) >= 11 is 0. The minimum absolute atomic E-state index is 0.0503. The molecule has 2 amide bonds.